The van der Waals surface area contributed by atoms with Gasteiger partial charge in [0.25, 0.3) is 0 Å². The summed E-state index contributed by atoms with van der Waals surface area (Å²) in [5.41, 5.74) is 0. The first-order valence-corrected chi connectivity index (χ1v) is 25.2. The van der Waals surface area contributed by atoms with Gasteiger partial charge < -0.3 is 34.3 Å². The first kappa shape index (κ1) is 58.3. The van der Waals surface area contributed by atoms with Gasteiger partial charge in [-0.1, -0.05) is 150 Å². The fraction of sp³-hybridized carbons (Fsp3) is 0.700. The van der Waals surface area contributed by atoms with Crippen molar-refractivity contribution in [2.75, 3.05) is 26.4 Å². The molecule has 0 bridgehead atoms. The van der Waals surface area contributed by atoms with E-state index in [1.807, 2.05) is 0 Å². The second-order valence-corrected chi connectivity index (χ2v) is 17.0. The highest BCUT2D eigenvalue weighted by atomic mass is 32.3. The van der Waals surface area contributed by atoms with Crippen molar-refractivity contribution in [3.8, 4) is 0 Å². The third-order valence-corrected chi connectivity index (χ3v) is 10.7. The zero-order chi connectivity index (χ0) is 46.1. The Morgan fingerprint density at radius 2 is 1.10 bits per heavy atom. The Morgan fingerprint density at radius 3 is 1.62 bits per heavy atom. The molecule has 13 heteroatoms. The molecule has 4 N–H and O–H groups in total. The number of aliphatic hydroxyl groups excluding tert-OH is 3. The summed E-state index contributed by atoms with van der Waals surface area (Å²) in [5, 5.41) is 30.7. The van der Waals surface area contributed by atoms with Crippen LogP contribution in [0.15, 0.2) is 85.1 Å². The van der Waals surface area contributed by atoms with Crippen LogP contribution in [0, 0.1) is 0 Å². The Morgan fingerprint density at radius 1 is 0.619 bits per heavy atom. The number of aliphatic hydroxyl groups is 3. The molecule has 12 nitrogen and oxygen atoms in total. The van der Waals surface area contributed by atoms with E-state index in [0.29, 0.717) is 13.0 Å². The molecule has 0 amide bonds. The summed E-state index contributed by atoms with van der Waals surface area (Å²) in [6.45, 7) is 3.79. The Kier molecular flexibility index (Phi) is 37.7. The van der Waals surface area contributed by atoms with Crippen LogP contribution in [0.25, 0.3) is 0 Å². The molecule has 1 saturated heterocycles. The highest BCUT2D eigenvalue weighted by molar-refractivity contribution is 7.80. The van der Waals surface area contributed by atoms with Gasteiger partial charge in [-0.25, -0.2) is 4.18 Å². The average Bonchev–Trinajstić information content (AvgIpc) is 3.26. The lowest BCUT2D eigenvalue weighted by molar-refractivity contribution is -0.301. The van der Waals surface area contributed by atoms with Gasteiger partial charge in [0, 0.05) is 13.0 Å². The minimum absolute atomic E-state index is 0.0160. The summed E-state index contributed by atoms with van der Waals surface area (Å²) in [4.78, 5) is 12.9. The van der Waals surface area contributed by atoms with Crippen LogP contribution in [-0.4, -0.2) is 97.5 Å². The maximum atomic E-state index is 12.9. The molecule has 0 aromatic rings. The number of carbonyl (C=O) groups excluding carboxylic acids is 1. The fourth-order valence-corrected chi connectivity index (χ4v) is 7.18. The van der Waals surface area contributed by atoms with E-state index in [1.165, 1.54) is 38.5 Å². The number of hydrogen-bond acceptors (Lipinski definition) is 11. The molecule has 0 aromatic heterocycles. The van der Waals surface area contributed by atoms with E-state index in [4.69, 9.17) is 23.5 Å². The molecule has 1 aliphatic rings. The molecule has 0 saturated carbocycles. The number of allylic oxidation sites excluding steroid dienone is 14. The Labute approximate surface area is 381 Å². The molecule has 362 valence electrons. The zero-order valence-corrected chi connectivity index (χ0v) is 39.4. The molecule has 1 heterocycles. The molecular formula is C50H84O12S. The van der Waals surface area contributed by atoms with Gasteiger partial charge in [0.15, 0.2) is 6.29 Å². The van der Waals surface area contributed by atoms with Gasteiger partial charge in [-0.3, -0.25) is 9.35 Å². The largest absolute Gasteiger partial charge is 0.457 e. The predicted molar refractivity (Wildman–Crippen MR) is 252 cm³/mol. The van der Waals surface area contributed by atoms with E-state index in [0.717, 1.165) is 96.3 Å². The average molecular weight is 909 g/mol. The highest BCUT2D eigenvalue weighted by Gasteiger charge is 2.48. The van der Waals surface area contributed by atoms with Gasteiger partial charge in [-0.15, -0.1) is 0 Å². The zero-order valence-electron chi connectivity index (χ0n) is 38.6. The minimum atomic E-state index is -5.07. The highest BCUT2D eigenvalue weighted by Crippen LogP contribution is 2.26. The van der Waals surface area contributed by atoms with E-state index in [9.17, 15) is 28.5 Å². The van der Waals surface area contributed by atoms with Crippen molar-refractivity contribution in [2.24, 2.45) is 0 Å². The Balaban J connectivity index is 2.42. The lowest BCUT2D eigenvalue weighted by Crippen LogP contribution is -2.60. The van der Waals surface area contributed by atoms with E-state index < -0.39 is 59.8 Å². The maximum Gasteiger partial charge on any atom is 0.397 e. The van der Waals surface area contributed by atoms with Crippen molar-refractivity contribution in [2.45, 2.75) is 198 Å². The van der Waals surface area contributed by atoms with Gasteiger partial charge in [-0.05, 0) is 89.9 Å². The number of hydrogen-bond donors (Lipinski definition) is 4. The Bertz CT molecular complexity index is 1420. The quantitative estimate of drug-likeness (QED) is 0.0198. The molecule has 0 spiro atoms. The summed E-state index contributed by atoms with van der Waals surface area (Å²) in [5.74, 6) is -0.429. The van der Waals surface area contributed by atoms with Crippen molar-refractivity contribution in [3.05, 3.63) is 85.1 Å². The lowest BCUT2D eigenvalue weighted by atomic mass is 9.99. The van der Waals surface area contributed by atoms with Crippen LogP contribution in [0.3, 0.4) is 0 Å². The topological polar surface area (TPSA) is 178 Å². The third kappa shape index (κ3) is 34.3. The normalized spacial score (nSPS) is 20.6. The monoisotopic (exact) mass is 909 g/mol. The molecule has 63 heavy (non-hydrogen) atoms. The van der Waals surface area contributed by atoms with Gasteiger partial charge in [0.2, 0.25) is 0 Å². The SMILES string of the molecule is CC/C=C\C/C=C\C/C=C\C/C=C\C/C=C\C/C=C\CCCCCCC(=O)OC(COCCCCCCCC/C=C\CCCCC)COC1OC(CO)C(O)C(OS(=O)(=O)O)C1O. The number of unbranched alkanes of at least 4 members (excludes halogenated alkanes) is 13. The molecule has 1 fully saturated rings. The van der Waals surface area contributed by atoms with E-state index in [2.05, 4.69) is 103 Å². The molecule has 6 unspecified atom stereocenters. The van der Waals surface area contributed by atoms with Crippen LogP contribution < -0.4 is 0 Å². The summed E-state index contributed by atoms with van der Waals surface area (Å²) in [7, 11) is -5.07. The van der Waals surface area contributed by atoms with E-state index in [-0.39, 0.29) is 19.6 Å². The number of ether oxygens (including phenoxy) is 4. The lowest BCUT2D eigenvalue weighted by Gasteiger charge is -2.41. The minimum Gasteiger partial charge on any atom is -0.457 e. The second kappa shape index (κ2) is 40.8. The van der Waals surface area contributed by atoms with E-state index >= 15 is 0 Å². The number of esters is 1. The van der Waals surface area contributed by atoms with Crippen molar-refractivity contribution in [1.82, 2.24) is 0 Å². The first-order valence-electron chi connectivity index (χ1n) is 23.8. The van der Waals surface area contributed by atoms with Crippen LogP contribution in [-0.2, 0) is 38.3 Å². The van der Waals surface area contributed by atoms with Crippen LogP contribution in [0.2, 0.25) is 0 Å². The van der Waals surface area contributed by atoms with Crippen molar-refractivity contribution < 1.29 is 56.2 Å². The molecule has 0 aliphatic carbocycles. The van der Waals surface area contributed by atoms with Crippen LogP contribution >= 0.6 is 0 Å². The fourth-order valence-electron chi connectivity index (χ4n) is 6.67. The maximum absolute atomic E-state index is 12.9. The molecule has 0 radical (unpaired) electrons. The number of carbonyl (C=O) groups is 1. The Hall–Kier alpha value is -2.72. The predicted octanol–water partition coefficient (Wildman–Crippen LogP) is 10.5. The van der Waals surface area contributed by atoms with Crippen molar-refractivity contribution >= 4 is 16.4 Å². The number of rotatable bonds is 40. The van der Waals surface area contributed by atoms with Gasteiger partial charge in [0.1, 0.15) is 30.5 Å². The first-order chi connectivity index (χ1) is 30.6. The summed E-state index contributed by atoms with van der Waals surface area (Å²) < 4.78 is 59.1. The van der Waals surface area contributed by atoms with Gasteiger partial charge in [0.05, 0.1) is 19.8 Å². The van der Waals surface area contributed by atoms with Crippen molar-refractivity contribution in [3.63, 3.8) is 0 Å². The second-order valence-electron chi connectivity index (χ2n) is 16.0. The summed E-state index contributed by atoms with van der Waals surface area (Å²) in [6.07, 6.45) is 44.7. The van der Waals surface area contributed by atoms with Crippen LogP contribution in [0.1, 0.15) is 162 Å². The van der Waals surface area contributed by atoms with Gasteiger partial charge >= 0.3 is 16.4 Å². The van der Waals surface area contributed by atoms with Gasteiger partial charge in [-0.2, -0.15) is 8.42 Å². The van der Waals surface area contributed by atoms with Crippen LogP contribution in [0.5, 0.6) is 0 Å². The smallest absolute Gasteiger partial charge is 0.397 e. The molecule has 1 rings (SSSR count). The summed E-state index contributed by atoms with van der Waals surface area (Å²) >= 11 is 0. The molecule has 0 aromatic carbocycles. The summed E-state index contributed by atoms with van der Waals surface area (Å²) in [6, 6.07) is 0. The van der Waals surface area contributed by atoms with E-state index in [1.54, 1.807) is 0 Å². The molecule has 6 atom stereocenters. The van der Waals surface area contributed by atoms with Crippen molar-refractivity contribution in [1.29, 1.82) is 0 Å². The molecular weight excluding hydrogens is 825 g/mol. The molecule has 1 aliphatic heterocycles. The van der Waals surface area contributed by atoms with Crippen LogP contribution in [0.4, 0.5) is 0 Å². The standard InChI is InChI=1S/C50H84O12S/c1-3-5-7-9-11-13-15-17-18-19-20-21-22-23-24-25-26-27-29-31-33-35-37-39-46(52)60-44(42-58-40-38-36-34-32-30-28-16-14-12-10-8-6-4-2)43-59-50-48(54)49(62-63(55,56)57)47(53)45(41-51)61-50/h5,7,11-14,17-18,20-21,23-24,26-27,44-45,47-51,53-54H,3-4,6,8-10,15-16,19,22,25,28-43H2,1-2H3,(H,55,56,57)/b7-5-,13-11-,14-12-,18-17-,21-20-,24-23-,27-26-. The third-order valence-electron chi connectivity index (χ3n) is 10.3.